The van der Waals surface area contributed by atoms with Gasteiger partial charge in [-0.15, -0.1) is 0 Å². The van der Waals surface area contributed by atoms with Crippen LogP contribution in [-0.4, -0.2) is 21.9 Å². The van der Waals surface area contributed by atoms with E-state index in [0.717, 1.165) is 19.3 Å². The van der Waals surface area contributed by atoms with Crippen LogP contribution in [0.15, 0.2) is 130 Å². The molecule has 43 heavy (non-hydrogen) atoms. The Balaban J connectivity index is 1.91. The van der Waals surface area contributed by atoms with E-state index in [-0.39, 0.29) is 16.9 Å². The van der Waals surface area contributed by atoms with Crippen molar-refractivity contribution in [2.24, 2.45) is 16.7 Å². The smallest absolute Gasteiger partial charge is 0.0807 e. The Labute approximate surface area is 263 Å². The summed E-state index contributed by atoms with van der Waals surface area (Å²) in [6, 6.07) is 0. The van der Waals surface area contributed by atoms with E-state index in [2.05, 4.69) is 154 Å². The van der Waals surface area contributed by atoms with E-state index in [0.29, 0.717) is 5.92 Å². The molecule has 0 aromatic carbocycles. The van der Waals surface area contributed by atoms with Crippen molar-refractivity contribution < 1.29 is 10.2 Å². The van der Waals surface area contributed by atoms with Gasteiger partial charge in [-0.3, -0.25) is 0 Å². The molecule has 2 aliphatic rings. The lowest BCUT2D eigenvalue weighted by atomic mass is 9.64. The molecule has 0 saturated heterocycles. The van der Waals surface area contributed by atoms with Gasteiger partial charge in [0, 0.05) is 5.92 Å². The minimum absolute atomic E-state index is 0.00422. The summed E-state index contributed by atoms with van der Waals surface area (Å²) in [5, 5.41) is 20.6. The highest BCUT2D eigenvalue weighted by molar-refractivity contribution is 5.38. The maximum atomic E-state index is 10.5. The predicted molar refractivity (Wildman–Crippen MR) is 189 cm³/mol. The van der Waals surface area contributed by atoms with Crippen LogP contribution >= 0.6 is 0 Å². The number of hydrogen-bond donors (Lipinski definition) is 2. The zero-order chi connectivity index (χ0) is 32.4. The minimum Gasteiger partial charge on any atom is -0.393 e. The van der Waals surface area contributed by atoms with E-state index in [1.807, 2.05) is 13.0 Å². The molecule has 0 spiro atoms. The average Bonchev–Trinajstić information content (AvgIpc) is 2.83. The number of aliphatic hydroxyl groups excluding tert-OH is 1. The molecule has 0 bridgehead atoms. The Morgan fingerprint density at radius 1 is 0.744 bits per heavy atom. The molecular formula is C41H58O2. The van der Waals surface area contributed by atoms with E-state index in [9.17, 15) is 10.2 Å². The van der Waals surface area contributed by atoms with Gasteiger partial charge in [0.1, 0.15) is 0 Å². The van der Waals surface area contributed by atoms with Crippen molar-refractivity contribution in [3.05, 3.63) is 130 Å². The lowest BCUT2D eigenvalue weighted by molar-refractivity contribution is 0.0345. The first-order chi connectivity index (χ1) is 19.9. The predicted octanol–water partition coefficient (Wildman–Crippen LogP) is 10.8. The van der Waals surface area contributed by atoms with Gasteiger partial charge < -0.3 is 10.2 Å². The summed E-state index contributed by atoms with van der Waals surface area (Å²) in [5.41, 5.74) is 7.95. The molecule has 0 aromatic rings. The minimum atomic E-state index is -0.722. The van der Waals surface area contributed by atoms with E-state index < -0.39 is 5.60 Å². The summed E-state index contributed by atoms with van der Waals surface area (Å²) in [6.07, 6.45) is 34.1. The van der Waals surface area contributed by atoms with Crippen molar-refractivity contribution in [2.75, 3.05) is 0 Å². The fourth-order valence-electron chi connectivity index (χ4n) is 6.68. The summed E-state index contributed by atoms with van der Waals surface area (Å²) in [7, 11) is 0. The molecule has 2 nitrogen and oxygen atoms in total. The average molecular weight is 583 g/mol. The largest absolute Gasteiger partial charge is 0.393 e. The molecule has 0 aliphatic heterocycles. The van der Waals surface area contributed by atoms with Crippen molar-refractivity contribution in [1.29, 1.82) is 0 Å². The van der Waals surface area contributed by atoms with E-state index in [1.54, 1.807) is 0 Å². The SMILES string of the molecule is CC1=C[C@](C)(O)CC(C)(C)[C@@H]1/C=C/C(C)=C/C=C/C(C)=C/C=C/C=C(C)/C=C/C=C(C)/C=C/C1=C(C)C[C@H](O)CC1(C)C. The Morgan fingerprint density at radius 3 is 1.74 bits per heavy atom. The Bertz CT molecular complexity index is 1320. The van der Waals surface area contributed by atoms with Gasteiger partial charge in [0.25, 0.3) is 0 Å². The second-order valence-electron chi connectivity index (χ2n) is 14.5. The molecule has 3 atom stereocenters. The van der Waals surface area contributed by atoms with Crippen molar-refractivity contribution in [3.8, 4) is 0 Å². The lowest BCUT2D eigenvalue weighted by Gasteiger charge is -2.43. The van der Waals surface area contributed by atoms with E-state index in [4.69, 9.17) is 0 Å². The summed E-state index contributed by atoms with van der Waals surface area (Å²) in [4.78, 5) is 0. The molecule has 0 heterocycles. The van der Waals surface area contributed by atoms with Crippen LogP contribution in [0.1, 0.15) is 95.4 Å². The van der Waals surface area contributed by atoms with Crippen LogP contribution in [0.3, 0.4) is 0 Å². The molecule has 0 radical (unpaired) electrons. The molecule has 234 valence electrons. The first kappa shape index (κ1) is 36.3. The molecule has 2 N–H and O–H groups in total. The number of hydrogen-bond acceptors (Lipinski definition) is 2. The maximum Gasteiger partial charge on any atom is 0.0807 e. The quantitative estimate of drug-likeness (QED) is 0.199. The molecule has 0 saturated carbocycles. The van der Waals surface area contributed by atoms with E-state index >= 15 is 0 Å². The zero-order valence-corrected chi connectivity index (χ0v) is 28.8. The van der Waals surface area contributed by atoms with Gasteiger partial charge in [-0.1, -0.05) is 152 Å². The van der Waals surface area contributed by atoms with Crippen LogP contribution in [0.5, 0.6) is 0 Å². The highest BCUT2D eigenvalue weighted by atomic mass is 16.3. The number of allylic oxidation sites excluding steroid dienone is 20. The normalized spacial score (nSPS) is 28.0. The Kier molecular flexibility index (Phi) is 13.2. The van der Waals surface area contributed by atoms with Gasteiger partial charge in [-0.2, -0.15) is 0 Å². The van der Waals surface area contributed by atoms with E-state index in [1.165, 1.54) is 39.0 Å². The van der Waals surface area contributed by atoms with Crippen molar-refractivity contribution in [3.63, 3.8) is 0 Å². The topological polar surface area (TPSA) is 40.5 Å². The third kappa shape index (κ3) is 12.3. The highest BCUT2D eigenvalue weighted by Gasteiger charge is 2.39. The molecule has 2 aliphatic carbocycles. The molecule has 0 aromatic heterocycles. The van der Waals surface area contributed by atoms with Crippen LogP contribution in [0, 0.1) is 16.7 Å². The number of rotatable bonds is 10. The molecule has 0 unspecified atom stereocenters. The molecule has 0 amide bonds. The van der Waals surface area contributed by atoms with Crippen LogP contribution in [0.25, 0.3) is 0 Å². The van der Waals surface area contributed by atoms with Gasteiger partial charge in [0.15, 0.2) is 0 Å². The third-order valence-corrected chi connectivity index (χ3v) is 8.49. The fraction of sp³-hybridized carbons (Fsp3) is 0.463. The Morgan fingerprint density at radius 2 is 1.23 bits per heavy atom. The first-order valence-corrected chi connectivity index (χ1v) is 15.8. The summed E-state index contributed by atoms with van der Waals surface area (Å²) in [5.74, 6) is 0.327. The maximum absolute atomic E-state index is 10.5. The standard InChI is InChI=1S/C41H58O2/c1-30(18-14-20-32(3)22-24-37-34(5)26-36(42)28-39(37,7)8)16-12-13-17-31(2)19-15-21-33(4)23-25-38-35(6)27-41(11,43)29-40(38,9)10/h12-25,27,36,38,42-43H,26,28-29H2,1-11H3/b13-12+,18-14+,19-15+,24-22+,25-23+,30-16+,31-17+,32-20+,33-21+/t36-,38+,41-/m0/s1. The molecular weight excluding hydrogens is 524 g/mol. The van der Waals surface area contributed by atoms with Gasteiger partial charge in [0.05, 0.1) is 11.7 Å². The third-order valence-electron chi connectivity index (χ3n) is 8.49. The van der Waals surface area contributed by atoms with Crippen molar-refractivity contribution in [1.82, 2.24) is 0 Å². The molecule has 0 fully saturated rings. The summed E-state index contributed by atoms with van der Waals surface area (Å²) >= 11 is 0. The second-order valence-corrected chi connectivity index (χ2v) is 14.5. The van der Waals surface area contributed by atoms with Gasteiger partial charge in [0.2, 0.25) is 0 Å². The van der Waals surface area contributed by atoms with Crippen molar-refractivity contribution in [2.45, 2.75) is 107 Å². The van der Waals surface area contributed by atoms with Crippen LogP contribution in [-0.2, 0) is 0 Å². The first-order valence-electron chi connectivity index (χ1n) is 15.8. The zero-order valence-electron chi connectivity index (χ0n) is 28.8. The van der Waals surface area contributed by atoms with Crippen LogP contribution < -0.4 is 0 Å². The second kappa shape index (κ2) is 15.7. The van der Waals surface area contributed by atoms with Crippen LogP contribution in [0.2, 0.25) is 0 Å². The van der Waals surface area contributed by atoms with Gasteiger partial charge in [-0.05, 0) is 84.1 Å². The van der Waals surface area contributed by atoms with Crippen molar-refractivity contribution >= 4 is 0 Å². The van der Waals surface area contributed by atoms with Gasteiger partial charge >= 0.3 is 0 Å². The summed E-state index contributed by atoms with van der Waals surface area (Å²) in [6.45, 7) is 23.5. The Hall–Kier alpha value is -2.94. The summed E-state index contributed by atoms with van der Waals surface area (Å²) < 4.78 is 0. The van der Waals surface area contributed by atoms with Crippen LogP contribution in [0.4, 0.5) is 0 Å². The number of aliphatic hydroxyl groups is 2. The lowest BCUT2D eigenvalue weighted by Crippen LogP contribution is -2.39. The molecule has 2 heteroatoms. The fourth-order valence-corrected chi connectivity index (χ4v) is 6.68. The highest BCUT2D eigenvalue weighted by Crippen LogP contribution is 2.45. The molecule has 2 rings (SSSR count). The monoisotopic (exact) mass is 582 g/mol. The van der Waals surface area contributed by atoms with Gasteiger partial charge in [-0.25, -0.2) is 0 Å².